The van der Waals surface area contributed by atoms with Crippen LogP contribution in [-0.2, 0) is 16.1 Å². The third-order valence-electron chi connectivity index (χ3n) is 8.20. The molecule has 4 atom stereocenters. The lowest BCUT2D eigenvalue weighted by molar-refractivity contribution is -0.276. The van der Waals surface area contributed by atoms with Crippen molar-refractivity contribution in [1.82, 2.24) is 4.90 Å². The van der Waals surface area contributed by atoms with Crippen molar-refractivity contribution >= 4 is 11.6 Å². The van der Waals surface area contributed by atoms with E-state index in [-0.39, 0.29) is 30.6 Å². The van der Waals surface area contributed by atoms with Crippen LogP contribution in [0.3, 0.4) is 0 Å². The first-order chi connectivity index (χ1) is 19.6. The summed E-state index contributed by atoms with van der Waals surface area (Å²) in [4.78, 5) is 15.3. The van der Waals surface area contributed by atoms with Gasteiger partial charge in [-0.05, 0) is 48.2 Å². The Morgan fingerprint density at radius 1 is 1.00 bits per heavy atom. The summed E-state index contributed by atoms with van der Waals surface area (Å²) in [5, 5.41) is 12.5. The van der Waals surface area contributed by atoms with Crippen molar-refractivity contribution in [3.05, 3.63) is 114 Å². The zero-order chi connectivity index (χ0) is 27.9. The summed E-state index contributed by atoms with van der Waals surface area (Å²) < 4.78 is 13.4. The predicted molar refractivity (Wildman–Crippen MR) is 158 cm³/mol. The molecule has 3 aromatic rings. The van der Waals surface area contributed by atoms with Crippen molar-refractivity contribution in [3.63, 3.8) is 0 Å². The first kappa shape index (κ1) is 28.2. The van der Waals surface area contributed by atoms with Crippen LogP contribution < -0.4 is 5.32 Å². The van der Waals surface area contributed by atoms with Crippen LogP contribution in [0.15, 0.2) is 91.5 Å². The van der Waals surface area contributed by atoms with Crippen molar-refractivity contribution in [2.75, 3.05) is 18.4 Å². The van der Waals surface area contributed by atoms with Crippen LogP contribution in [0.4, 0.5) is 5.69 Å². The lowest BCUT2D eigenvalue weighted by Gasteiger charge is -2.43. The molecule has 5 rings (SSSR count). The lowest BCUT2D eigenvalue weighted by Crippen LogP contribution is -2.47. The molecule has 1 saturated carbocycles. The molecule has 2 fully saturated rings. The molecule has 2 aliphatic rings. The molecule has 0 unspecified atom stereocenters. The highest BCUT2D eigenvalue weighted by Gasteiger charge is 2.40. The van der Waals surface area contributed by atoms with Crippen molar-refractivity contribution in [1.29, 1.82) is 0 Å². The Balaban J connectivity index is 1.40. The molecule has 210 valence electrons. The number of hydrogen-bond acceptors (Lipinski definition) is 5. The summed E-state index contributed by atoms with van der Waals surface area (Å²) >= 11 is 0. The molecule has 3 aromatic carbocycles. The molecule has 40 heavy (non-hydrogen) atoms. The molecule has 1 heterocycles. The predicted octanol–water partition coefficient (Wildman–Crippen LogP) is 6.65. The summed E-state index contributed by atoms with van der Waals surface area (Å²) in [7, 11) is 0. The Morgan fingerprint density at radius 2 is 1.75 bits per heavy atom. The highest BCUT2D eigenvalue weighted by atomic mass is 16.7. The summed E-state index contributed by atoms with van der Waals surface area (Å²) in [5.41, 5.74) is 4.09. The molecule has 6 heteroatoms. The molecule has 2 N–H and O–H groups in total. The van der Waals surface area contributed by atoms with Crippen LogP contribution in [0.25, 0.3) is 0 Å². The number of nitrogens with zero attached hydrogens (tertiary/aromatic N) is 1. The van der Waals surface area contributed by atoms with Gasteiger partial charge in [0.25, 0.3) is 5.91 Å². The zero-order valence-corrected chi connectivity index (χ0v) is 23.2. The topological polar surface area (TPSA) is 71.0 Å². The Labute approximate surface area is 237 Å². The minimum Gasteiger partial charge on any atom is -0.392 e. The molecule has 0 bridgehead atoms. The van der Waals surface area contributed by atoms with Crippen LogP contribution in [0.2, 0.25) is 0 Å². The smallest absolute Gasteiger partial charge is 0.255 e. The second-order valence-corrected chi connectivity index (χ2v) is 10.9. The Bertz CT molecular complexity index is 1260. The van der Waals surface area contributed by atoms with Gasteiger partial charge in [-0.2, -0.15) is 0 Å². The van der Waals surface area contributed by atoms with Gasteiger partial charge in [-0.1, -0.05) is 80.4 Å². The number of aliphatic hydroxyl groups excluding tert-OH is 1. The average molecular weight is 541 g/mol. The molecule has 0 spiro atoms. The molecule has 6 nitrogen and oxygen atoms in total. The van der Waals surface area contributed by atoms with Crippen LogP contribution in [-0.4, -0.2) is 41.1 Å². The van der Waals surface area contributed by atoms with Gasteiger partial charge in [-0.15, -0.1) is 6.58 Å². The van der Waals surface area contributed by atoms with Gasteiger partial charge in [-0.3, -0.25) is 9.69 Å². The first-order valence-corrected chi connectivity index (χ1v) is 14.4. The Hall–Kier alpha value is -3.29. The van der Waals surface area contributed by atoms with E-state index in [9.17, 15) is 9.90 Å². The largest absolute Gasteiger partial charge is 0.392 e. The zero-order valence-electron chi connectivity index (χ0n) is 23.2. The van der Waals surface area contributed by atoms with E-state index in [2.05, 4.69) is 23.7 Å². The molecule has 0 aromatic heterocycles. The van der Waals surface area contributed by atoms with Gasteiger partial charge in [-0.25, -0.2) is 0 Å². The average Bonchev–Trinajstić information content (AvgIpc) is 3.54. The fourth-order valence-electron chi connectivity index (χ4n) is 5.92. The second-order valence-electron chi connectivity index (χ2n) is 10.9. The normalized spacial score (nSPS) is 23.3. The van der Waals surface area contributed by atoms with Gasteiger partial charge in [0.1, 0.15) is 0 Å². The summed E-state index contributed by atoms with van der Waals surface area (Å²) in [6.07, 6.45) is 6.11. The van der Waals surface area contributed by atoms with E-state index in [0.29, 0.717) is 17.3 Å². The van der Waals surface area contributed by atoms with Crippen LogP contribution in [0, 0.1) is 5.92 Å². The number of ether oxygens (including phenoxy) is 2. The molecule has 1 amide bonds. The summed E-state index contributed by atoms with van der Waals surface area (Å²) in [6, 6.07) is 25.4. The maximum Gasteiger partial charge on any atom is 0.255 e. The summed E-state index contributed by atoms with van der Waals surface area (Å²) in [5.74, 6) is -0.0564. The number of rotatable bonds is 10. The standard InChI is InChI=1S/C34H40N2O4/c1-3-20-36(30-14-7-8-15-30)22-31-24(2)32(26-18-16-25(23-37)17-19-26)40-34(39-31)28-12-9-13-29(21-28)35-33(38)27-10-5-4-6-11-27/h3-6,9-13,16-19,21,24,30-32,34,37H,1,7-8,14-15,20,22-23H2,2H3,(H,35,38)/t24-,31+,32+,34+/m0/s1. The third-order valence-corrected chi connectivity index (χ3v) is 8.20. The number of aliphatic hydroxyl groups is 1. The quantitative estimate of drug-likeness (QED) is 0.282. The van der Waals surface area contributed by atoms with Gasteiger partial charge < -0.3 is 19.9 Å². The van der Waals surface area contributed by atoms with Crippen molar-refractivity contribution in [2.45, 2.75) is 63.8 Å². The number of carbonyl (C=O) groups excluding carboxylic acids is 1. The van der Waals surface area contributed by atoms with E-state index >= 15 is 0 Å². The van der Waals surface area contributed by atoms with E-state index in [4.69, 9.17) is 9.47 Å². The number of nitrogens with one attached hydrogen (secondary N) is 1. The Morgan fingerprint density at radius 3 is 2.45 bits per heavy atom. The number of benzene rings is 3. The number of anilines is 1. The van der Waals surface area contributed by atoms with Crippen molar-refractivity contribution < 1.29 is 19.4 Å². The molecule has 1 saturated heterocycles. The monoisotopic (exact) mass is 540 g/mol. The highest BCUT2D eigenvalue weighted by Crippen LogP contribution is 2.42. The minimum atomic E-state index is -0.591. The third kappa shape index (κ3) is 6.70. The Kier molecular flexibility index (Phi) is 9.45. The molecule has 1 aliphatic heterocycles. The van der Waals surface area contributed by atoms with Crippen LogP contribution >= 0.6 is 0 Å². The van der Waals surface area contributed by atoms with Gasteiger partial charge in [0.2, 0.25) is 0 Å². The highest BCUT2D eigenvalue weighted by molar-refractivity contribution is 6.04. The van der Waals surface area contributed by atoms with Gasteiger partial charge in [0, 0.05) is 41.9 Å². The van der Waals surface area contributed by atoms with E-state index < -0.39 is 6.29 Å². The van der Waals surface area contributed by atoms with Gasteiger partial charge >= 0.3 is 0 Å². The fourth-order valence-corrected chi connectivity index (χ4v) is 5.92. The number of carbonyl (C=O) groups is 1. The van der Waals surface area contributed by atoms with E-state index in [0.717, 1.165) is 29.8 Å². The van der Waals surface area contributed by atoms with Crippen molar-refractivity contribution in [2.24, 2.45) is 5.92 Å². The molecule has 0 radical (unpaired) electrons. The van der Waals surface area contributed by atoms with Crippen molar-refractivity contribution in [3.8, 4) is 0 Å². The second kappa shape index (κ2) is 13.4. The van der Waals surface area contributed by atoms with E-state index in [1.165, 1.54) is 25.7 Å². The maximum atomic E-state index is 12.8. The molecule has 1 aliphatic carbocycles. The van der Waals surface area contributed by atoms with Crippen LogP contribution in [0.5, 0.6) is 0 Å². The molecular formula is C34H40N2O4. The van der Waals surface area contributed by atoms with Crippen LogP contribution in [0.1, 0.15) is 72.0 Å². The van der Waals surface area contributed by atoms with Gasteiger partial charge in [0.05, 0.1) is 18.8 Å². The minimum absolute atomic E-state index is 0.00904. The first-order valence-electron chi connectivity index (χ1n) is 14.4. The number of hydrogen-bond donors (Lipinski definition) is 2. The molecular weight excluding hydrogens is 500 g/mol. The SMILES string of the molecule is C=CCN(C[C@H]1O[C@@H](c2cccc(NC(=O)c3ccccc3)c2)O[C@@H](c2ccc(CO)cc2)[C@H]1C)C1CCCC1. The fraction of sp³-hybridized carbons (Fsp3) is 0.382. The van der Waals surface area contributed by atoms with E-state index in [1.807, 2.05) is 72.8 Å². The maximum absolute atomic E-state index is 12.8. The van der Waals surface area contributed by atoms with Gasteiger partial charge in [0.15, 0.2) is 6.29 Å². The van der Waals surface area contributed by atoms with E-state index in [1.54, 1.807) is 12.1 Å². The summed E-state index contributed by atoms with van der Waals surface area (Å²) in [6.45, 7) is 7.86. The lowest BCUT2D eigenvalue weighted by atomic mass is 9.89. The number of amides is 1.